The molecule has 2 atom stereocenters. The Morgan fingerprint density at radius 2 is 1.95 bits per heavy atom. The molecule has 0 aromatic carbocycles. The highest BCUT2D eigenvalue weighted by Gasteiger charge is 2.31. The summed E-state index contributed by atoms with van der Waals surface area (Å²) in [6, 6.07) is 0.776. The molecular formula is C18H33NO2. The molecule has 1 heterocycles. The van der Waals surface area contributed by atoms with Gasteiger partial charge < -0.3 is 10.0 Å². The number of piperidine rings is 1. The zero-order chi connectivity index (χ0) is 15.2. The largest absolute Gasteiger partial charge is 0.481 e. The molecule has 1 saturated carbocycles. The molecule has 3 heteroatoms. The van der Waals surface area contributed by atoms with E-state index in [0.717, 1.165) is 18.5 Å². The molecule has 122 valence electrons. The second kappa shape index (κ2) is 8.17. The third kappa shape index (κ3) is 4.98. The first kappa shape index (κ1) is 16.8. The van der Waals surface area contributed by atoms with E-state index >= 15 is 0 Å². The minimum Gasteiger partial charge on any atom is -0.481 e. The van der Waals surface area contributed by atoms with Gasteiger partial charge in [-0.3, -0.25) is 4.79 Å². The Morgan fingerprint density at radius 3 is 2.57 bits per heavy atom. The summed E-state index contributed by atoms with van der Waals surface area (Å²) < 4.78 is 0. The number of carboxylic acid groups (broad SMARTS) is 1. The second-order valence-corrected chi connectivity index (χ2v) is 7.44. The van der Waals surface area contributed by atoms with Gasteiger partial charge in [-0.1, -0.05) is 26.7 Å². The van der Waals surface area contributed by atoms with E-state index in [9.17, 15) is 4.79 Å². The van der Waals surface area contributed by atoms with Crippen molar-refractivity contribution in [3.63, 3.8) is 0 Å². The van der Waals surface area contributed by atoms with Crippen molar-refractivity contribution in [2.24, 2.45) is 17.8 Å². The van der Waals surface area contributed by atoms with E-state index in [1.807, 2.05) is 0 Å². The van der Waals surface area contributed by atoms with Crippen LogP contribution in [0.1, 0.15) is 71.6 Å². The van der Waals surface area contributed by atoms with Crippen molar-refractivity contribution >= 4 is 5.97 Å². The fourth-order valence-electron chi connectivity index (χ4n) is 4.49. The van der Waals surface area contributed by atoms with Gasteiger partial charge in [-0.15, -0.1) is 0 Å². The fourth-order valence-corrected chi connectivity index (χ4v) is 4.49. The maximum Gasteiger partial charge on any atom is 0.303 e. The summed E-state index contributed by atoms with van der Waals surface area (Å²) in [6.07, 6.45) is 11.1. The van der Waals surface area contributed by atoms with E-state index in [4.69, 9.17) is 5.11 Å². The molecule has 2 rings (SSSR count). The molecule has 0 amide bonds. The number of likely N-dealkylation sites (tertiary alicyclic amines) is 1. The Bertz CT molecular complexity index is 323. The minimum atomic E-state index is -0.639. The average Bonchev–Trinajstić information content (AvgIpc) is 2.48. The van der Waals surface area contributed by atoms with Crippen LogP contribution < -0.4 is 0 Å². The highest BCUT2D eigenvalue weighted by Crippen LogP contribution is 2.34. The normalized spacial score (nSPS) is 32.8. The molecule has 21 heavy (non-hydrogen) atoms. The van der Waals surface area contributed by atoms with Crippen molar-refractivity contribution < 1.29 is 9.90 Å². The molecule has 0 spiro atoms. The predicted octanol–water partition coefficient (Wildman–Crippen LogP) is 4.17. The van der Waals surface area contributed by atoms with Crippen molar-refractivity contribution in [2.75, 3.05) is 13.1 Å². The van der Waals surface area contributed by atoms with Gasteiger partial charge in [-0.05, 0) is 62.8 Å². The highest BCUT2D eigenvalue weighted by molar-refractivity contribution is 5.67. The SMILES string of the molecule is CCCC1CCC(N2CCCC(C(C)CC(=O)O)C2)CC1. The van der Waals surface area contributed by atoms with Crippen LogP contribution in [0.25, 0.3) is 0 Å². The van der Waals surface area contributed by atoms with Crippen LogP contribution in [0.15, 0.2) is 0 Å². The molecule has 1 aliphatic heterocycles. The predicted molar refractivity (Wildman–Crippen MR) is 86.4 cm³/mol. The number of aliphatic carboxylic acids is 1. The Kier molecular flexibility index (Phi) is 6.53. The Morgan fingerprint density at radius 1 is 1.24 bits per heavy atom. The third-order valence-electron chi connectivity index (χ3n) is 5.82. The number of carbonyl (C=O) groups is 1. The maximum atomic E-state index is 10.9. The van der Waals surface area contributed by atoms with Crippen molar-refractivity contribution in [1.29, 1.82) is 0 Å². The molecule has 1 saturated heterocycles. The highest BCUT2D eigenvalue weighted by atomic mass is 16.4. The first-order valence-electron chi connectivity index (χ1n) is 9.06. The van der Waals surface area contributed by atoms with Crippen LogP contribution in [0.3, 0.4) is 0 Å². The summed E-state index contributed by atoms with van der Waals surface area (Å²) in [5.41, 5.74) is 0. The van der Waals surface area contributed by atoms with Gasteiger partial charge in [0.2, 0.25) is 0 Å². The van der Waals surface area contributed by atoms with Crippen molar-refractivity contribution in [1.82, 2.24) is 4.90 Å². The first-order chi connectivity index (χ1) is 10.1. The van der Waals surface area contributed by atoms with Gasteiger partial charge in [0, 0.05) is 19.0 Å². The van der Waals surface area contributed by atoms with Gasteiger partial charge in [0.05, 0.1) is 0 Å². The van der Waals surface area contributed by atoms with Crippen LogP contribution in [0.2, 0.25) is 0 Å². The summed E-state index contributed by atoms with van der Waals surface area (Å²) in [7, 11) is 0. The van der Waals surface area contributed by atoms with E-state index < -0.39 is 5.97 Å². The Balaban J connectivity index is 1.80. The Hall–Kier alpha value is -0.570. The summed E-state index contributed by atoms with van der Waals surface area (Å²) >= 11 is 0. The topological polar surface area (TPSA) is 40.5 Å². The quantitative estimate of drug-likeness (QED) is 0.799. The number of hydrogen-bond acceptors (Lipinski definition) is 2. The van der Waals surface area contributed by atoms with Crippen LogP contribution in [-0.4, -0.2) is 35.1 Å². The monoisotopic (exact) mass is 295 g/mol. The van der Waals surface area contributed by atoms with E-state index in [0.29, 0.717) is 18.3 Å². The molecule has 2 aliphatic rings. The molecule has 2 unspecified atom stereocenters. The van der Waals surface area contributed by atoms with Gasteiger partial charge in [-0.25, -0.2) is 0 Å². The van der Waals surface area contributed by atoms with Crippen molar-refractivity contribution in [2.45, 2.75) is 77.7 Å². The van der Waals surface area contributed by atoms with Gasteiger partial charge in [0.1, 0.15) is 0 Å². The van der Waals surface area contributed by atoms with E-state index in [-0.39, 0.29) is 0 Å². The van der Waals surface area contributed by atoms with Gasteiger partial charge in [0.15, 0.2) is 0 Å². The standard InChI is InChI=1S/C18H33NO2/c1-3-5-15-7-9-17(10-8-15)19-11-4-6-16(13-19)14(2)12-18(20)21/h14-17H,3-13H2,1-2H3,(H,20,21). The van der Waals surface area contributed by atoms with Crippen molar-refractivity contribution in [3.05, 3.63) is 0 Å². The van der Waals surface area contributed by atoms with Crippen LogP contribution in [0, 0.1) is 17.8 Å². The lowest BCUT2D eigenvalue weighted by atomic mass is 9.80. The molecule has 2 fully saturated rings. The lowest BCUT2D eigenvalue weighted by Gasteiger charge is -2.42. The summed E-state index contributed by atoms with van der Waals surface area (Å²) in [6.45, 7) is 6.79. The molecule has 0 bridgehead atoms. The molecule has 1 N–H and O–H groups in total. The smallest absolute Gasteiger partial charge is 0.303 e. The number of nitrogens with zero attached hydrogens (tertiary/aromatic N) is 1. The average molecular weight is 295 g/mol. The maximum absolute atomic E-state index is 10.9. The molecule has 3 nitrogen and oxygen atoms in total. The minimum absolute atomic E-state index is 0.321. The summed E-state index contributed by atoms with van der Waals surface area (Å²) in [5, 5.41) is 9.00. The van der Waals surface area contributed by atoms with Gasteiger partial charge in [0.25, 0.3) is 0 Å². The van der Waals surface area contributed by atoms with E-state index in [1.54, 1.807) is 0 Å². The van der Waals surface area contributed by atoms with Crippen LogP contribution in [0.5, 0.6) is 0 Å². The number of hydrogen-bond donors (Lipinski definition) is 1. The lowest BCUT2D eigenvalue weighted by Crippen LogP contribution is -2.45. The zero-order valence-electron chi connectivity index (χ0n) is 13.9. The molecule has 0 radical (unpaired) electrons. The van der Waals surface area contributed by atoms with E-state index in [2.05, 4.69) is 18.7 Å². The van der Waals surface area contributed by atoms with E-state index in [1.165, 1.54) is 57.9 Å². The molecule has 1 aliphatic carbocycles. The molecule has 0 aromatic heterocycles. The first-order valence-corrected chi connectivity index (χ1v) is 9.06. The summed E-state index contributed by atoms with van der Waals surface area (Å²) in [4.78, 5) is 13.6. The number of carboxylic acids is 1. The lowest BCUT2D eigenvalue weighted by molar-refractivity contribution is -0.138. The Labute approximate surface area is 130 Å². The zero-order valence-corrected chi connectivity index (χ0v) is 13.9. The second-order valence-electron chi connectivity index (χ2n) is 7.44. The van der Waals surface area contributed by atoms with Gasteiger partial charge in [-0.2, -0.15) is 0 Å². The van der Waals surface area contributed by atoms with Crippen LogP contribution in [-0.2, 0) is 4.79 Å². The molecular weight excluding hydrogens is 262 g/mol. The summed E-state index contributed by atoms with van der Waals surface area (Å²) in [5.74, 6) is 1.24. The fraction of sp³-hybridized carbons (Fsp3) is 0.944. The van der Waals surface area contributed by atoms with Crippen molar-refractivity contribution in [3.8, 4) is 0 Å². The van der Waals surface area contributed by atoms with Crippen LogP contribution >= 0.6 is 0 Å². The third-order valence-corrected chi connectivity index (χ3v) is 5.82. The van der Waals surface area contributed by atoms with Gasteiger partial charge >= 0.3 is 5.97 Å². The van der Waals surface area contributed by atoms with Crippen LogP contribution in [0.4, 0.5) is 0 Å². The molecule has 0 aromatic rings. The number of rotatable bonds is 6.